The molecule has 2 aliphatic heterocycles. The second-order valence-electron chi connectivity index (χ2n) is 7.48. The standard InChI is InChI=1S/C20H22N4O2S2/c25-28(26)12-6-16(14-28)23-7-9-24(10-8-23)20-17-3-1-2-4-18(17)21-19(22-20)15-5-11-27-13-15/h1-5,11,13,16H,6-10,12,14H2. The third kappa shape index (κ3) is 3.40. The lowest BCUT2D eigenvalue weighted by atomic mass is 10.1. The van der Waals surface area contributed by atoms with Crippen LogP contribution in [0.4, 0.5) is 5.82 Å². The van der Waals surface area contributed by atoms with Crippen LogP contribution in [0.3, 0.4) is 0 Å². The van der Waals surface area contributed by atoms with Crippen molar-refractivity contribution in [3.05, 3.63) is 41.1 Å². The first-order chi connectivity index (χ1) is 13.6. The van der Waals surface area contributed by atoms with Gasteiger partial charge in [0.25, 0.3) is 0 Å². The fraction of sp³-hybridized carbons (Fsp3) is 0.400. The molecule has 2 aliphatic rings. The van der Waals surface area contributed by atoms with E-state index in [1.54, 1.807) is 11.3 Å². The fourth-order valence-corrected chi connectivity index (χ4v) is 6.58. The highest BCUT2D eigenvalue weighted by atomic mass is 32.2. The van der Waals surface area contributed by atoms with Crippen LogP contribution in [0.1, 0.15) is 6.42 Å². The zero-order valence-electron chi connectivity index (χ0n) is 15.5. The van der Waals surface area contributed by atoms with Gasteiger partial charge in [-0.1, -0.05) is 12.1 Å². The zero-order valence-corrected chi connectivity index (χ0v) is 17.1. The Morgan fingerprint density at radius 2 is 1.86 bits per heavy atom. The SMILES string of the molecule is O=S1(=O)CCC(N2CCN(c3nc(-c4ccsc4)nc4ccccc34)CC2)C1. The van der Waals surface area contributed by atoms with Crippen molar-refractivity contribution in [2.24, 2.45) is 0 Å². The summed E-state index contributed by atoms with van der Waals surface area (Å²) < 4.78 is 23.6. The second-order valence-corrected chi connectivity index (χ2v) is 10.5. The van der Waals surface area contributed by atoms with Crippen molar-refractivity contribution in [3.63, 3.8) is 0 Å². The lowest BCUT2D eigenvalue weighted by Gasteiger charge is -2.38. The third-order valence-electron chi connectivity index (χ3n) is 5.70. The molecule has 3 aromatic rings. The molecule has 2 aromatic heterocycles. The zero-order chi connectivity index (χ0) is 19.1. The number of para-hydroxylation sites is 1. The maximum atomic E-state index is 11.8. The van der Waals surface area contributed by atoms with E-state index in [-0.39, 0.29) is 6.04 Å². The molecule has 0 aliphatic carbocycles. The average Bonchev–Trinajstić information content (AvgIpc) is 3.37. The summed E-state index contributed by atoms with van der Waals surface area (Å²) in [6.07, 6.45) is 0.765. The highest BCUT2D eigenvalue weighted by molar-refractivity contribution is 7.91. The normalized spacial score (nSPS) is 22.7. The monoisotopic (exact) mass is 414 g/mol. The molecule has 0 bridgehead atoms. The lowest BCUT2D eigenvalue weighted by molar-refractivity contribution is 0.200. The topological polar surface area (TPSA) is 66.4 Å². The smallest absolute Gasteiger partial charge is 0.162 e. The van der Waals surface area contributed by atoms with Crippen molar-refractivity contribution >= 4 is 37.9 Å². The Labute approximate surface area is 168 Å². The van der Waals surface area contributed by atoms with Crippen molar-refractivity contribution in [2.45, 2.75) is 12.5 Å². The van der Waals surface area contributed by atoms with E-state index in [1.807, 2.05) is 23.6 Å². The van der Waals surface area contributed by atoms with Gasteiger partial charge in [-0.2, -0.15) is 11.3 Å². The minimum atomic E-state index is -2.84. The second kappa shape index (κ2) is 7.09. The molecule has 28 heavy (non-hydrogen) atoms. The van der Waals surface area contributed by atoms with Crippen LogP contribution < -0.4 is 4.90 Å². The molecule has 0 N–H and O–H groups in total. The van der Waals surface area contributed by atoms with Crippen molar-refractivity contribution in [2.75, 3.05) is 42.6 Å². The molecule has 1 aromatic carbocycles. The number of hydrogen-bond acceptors (Lipinski definition) is 7. The Bertz CT molecular complexity index is 1090. The molecular formula is C20H22N4O2S2. The first-order valence-electron chi connectivity index (χ1n) is 9.58. The number of hydrogen-bond donors (Lipinski definition) is 0. The van der Waals surface area contributed by atoms with Crippen LogP contribution in [0, 0.1) is 0 Å². The Morgan fingerprint density at radius 1 is 1.04 bits per heavy atom. The van der Waals surface area contributed by atoms with Gasteiger partial charge in [0.1, 0.15) is 5.82 Å². The summed E-state index contributed by atoms with van der Waals surface area (Å²) in [5, 5.41) is 5.19. The van der Waals surface area contributed by atoms with E-state index in [1.165, 1.54) is 0 Å². The number of nitrogens with zero attached hydrogens (tertiary/aromatic N) is 4. The Balaban J connectivity index is 1.42. The molecule has 1 unspecified atom stereocenters. The Hall–Kier alpha value is -2.03. The molecular weight excluding hydrogens is 392 g/mol. The van der Waals surface area contributed by atoms with Gasteiger partial charge in [-0.3, -0.25) is 4.90 Å². The van der Waals surface area contributed by atoms with Gasteiger partial charge in [0, 0.05) is 48.6 Å². The van der Waals surface area contributed by atoms with Gasteiger partial charge in [0.05, 0.1) is 17.0 Å². The van der Waals surface area contributed by atoms with E-state index in [0.29, 0.717) is 11.5 Å². The minimum Gasteiger partial charge on any atom is -0.353 e. The maximum absolute atomic E-state index is 11.8. The van der Waals surface area contributed by atoms with Crippen molar-refractivity contribution in [3.8, 4) is 11.4 Å². The lowest BCUT2D eigenvalue weighted by Crippen LogP contribution is -2.51. The largest absolute Gasteiger partial charge is 0.353 e. The molecule has 0 saturated carbocycles. The predicted octanol–water partition coefficient (Wildman–Crippen LogP) is 2.67. The van der Waals surface area contributed by atoms with Crippen molar-refractivity contribution in [1.82, 2.24) is 14.9 Å². The number of benzene rings is 1. The average molecular weight is 415 g/mol. The van der Waals surface area contributed by atoms with Gasteiger partial charge in [-0.05, 0) is 30.0 Å². The van der Waals surface area contributed by atoms with Gasteiger partial charge < -0.3 is 4.90 Å². The van der Waals surface area contributed by atoms with Gasteiger partial charge in [0.2, 0.25) is 0 Å². The summed E-state index contributed by atoms with van der Waals surface area (Å²) in [6, 6.07) is 10.4. The fourth-order valence-electron chi connectivity index (χ4n) is 4.18. The predicted molar refractivity (Wildman–Crippen MR) is 114 cm³/mol. The van der Waals surface area contributed by atoms with Crippen molar-refractivity contribution < 1.29 is 8.42 Å². The summed E-state index contributed by atoms with van der Waals surface area (Å²) in [5.74, 6) is 2.38. The summed E-state index contributed by atoms with van der Waals surface area (Å²) >= 11 is 1.65. The third-order valence-corrected chi connectivity index (χ3v) is 8.13. The number of rotatable bonds is 3. The molecule has 0 spiro atoms. The molecule has 8 heteroatoms. The number of piperazine rings is 1. The number of fused-ring (bicyclic) bond motifs is 1. The van der Waals surface area contributed by atoms with Crippen LogP contribution in [-0.2, 0) is 9.84 Å². The number of aromatic nitrogens is 2. The van der Waals surface area contributed by atoms with Gasteiger partial charge in [-0.15, -0.1) is 0 Å². The molecule has 2 fully saturated rings. The van der Waals surface area contributed by atoms with E-state index < -0.39 is 9.84 Å². The number of anilines is 1. The van der Waals surface area contributed by atoms with Crippen LogP contribution >= 0.6 is 11.3 Å². The first-order valence-corrected chi connectivity index (χ1v) is 12.3. The van der Waals surface area contributed by atoms with Crippen LogP contribution in [-0.4, -0.2) is 67.0 Å². The van der Waals surface area contributed by atoms with Crippen LogP contribution in [0.5, 0.6) is 0 Å². The summed E-state index contributed by atoms with van der Waals surface area (Å²) in [4.78, 5) is 14.3. The minimum absolute atomic E-state index is 0.177. The van der Waals surface area contributed by atoms with Crippen LogP contribution in [0.2, 0.25) is 0 Å². The Kier molecular flexibility index (Phi) is 4.57. The molecule has 6 nitrogen and oxygen atoms in total. The first kappa shape index (κ1) is 18.0. The van der Waals surface area contributed by atoms with E-state index in [2.05, 4.69) is 27.3 Å². The molecule has 5 rings (SSSR count). The van der Waals surface area contributed by atoms with E-state index in [0.717, 1.165) is 60.7 Å². The maximum Gasteiger partial charge on any atom is 0.162 e. The highest BCUT2D eigenvalue weighted by Gasteiger charge is 2.34. The quantitative estimate of drug-likeness (QED) is 0.657. The van der Waals surface area contributed by atoms with E-state index in [9.17, 15) is 8.42 Å². The number of thiophene rings is 1. The molecule has 0 amide bonds. The number of sulfone groups is 1. The van der Waals surface area contributed by atoms with Crippen LogP contribution in [0.25, 0.3) is 22.3 Å². The van der Waals surface area contributed by atoms with Gasteiger partial charge in [0.15, 0.2) is 15.7 Å². The molecule has 1 atom stereocenters. The van der Waals surface area contributed by atoms with Gasteiger partial charge in [-0.25, -0.2) is 18.4 Å². The van der Waals surface area contributed by atoms with Crippen molar-refractivity contribution in [1.29, 1.82) is 0 Å². The van der Waals surface area contributed by atoms with E-state index in [4.69, 9.17) is 9.97 Å². The summed E-state index contributed by atoms with van der Waals surface area (Å²) in [6.45, 7) is 3.43. The Morgan fingerprint density at radius 3 is 2.57 bits per heavy atom. The molecule has 4 heterocycles. The molecule has 146 valence electrons. The summed E-state index contributed by atoms with van der Waals surface area (Å²) in [7, 11) is -2.84. The molecule has 0 radical (unpaired) electrons. The van der Waals surface area contributed by atoms with Gasteiger partial charge >= 0.3 is 0 Å². The van der Waals surface area contributed by atoms with E-state index >= 15 is 0 Å². The highest BCUT2D eigenvalue weighted by Crippen LogP contribution is 2.29. The summed E-state index contributed by atoms with van der Waals surface area (Å²) in [5.41, 5.74) is 2.00. The van der Waals surface area contributed by atoms with Crippen LogP contribution in [0.15, 0.2) is 41.1 Å². The molecule has 2 saturated heterocycles.